The molecule has 0 aromatic heterocycles. The Morgan fingerprint density at radius 1 is 0.969 bits per heavy atom. The smallest absolute Gasteiger partial charge is 0.253 e. The van der Waals surface area contributed by atoms with Gasteiger partial charge >= 0.3 is 0 Å². The fourth-order valence-corrected chi connectivity index (χ4v) is 9.67. The SMILES string of the molecule is COc1cccc2c1C(=O)c1c(O)c3c(c(O)c1C2=O)C[C@@](O)(C(=O)N[C@@H](CO)C(=O)NCCNC(=O)CCN1C(=O)CCC1=O)C[C@@H]3O[C@H]1C[C@H]2[C@H](O[C@@H]3[C@@H](OC)OCCN32)[C@H](C)O1. The number of carbonyl (C=O) groups excluding carboxylic acids is 7. The number of ether oxygens (including phenoxy) is 6. The summed E-state index contributed by atoms with van der Waals surface area (Å²) in [5.41, 5.74) is -4.35. The number of fused-ring (bicyclic) bond motifs is 6. The number of morpholine rings is 1. The number of amides is 5. The lowest BCUT2D eigenvalue weighted by Gasteiger charge is -2.43. The minimum atomic E-state index is -2.54. The number of aliphatic hydroxyl groups excluding tert-OH is 1. The standard InChI is InChI=1S/C43H51N5O17/c1-19-38-23(47-13-14-62-41(61-3)40(47)65-38)15-29(63-19)64-25-17-43(59,42(58)46-22(18-49)39(57)45-11-10-44-26(50)9-12-48-27(51)7-8-28(48)52)16-21-31(25)37(56)33-32(35(21)54)34(53)20-5-4-6-24(60-2)30(20)36(33)55/h4-6,19,22-23,25,29,38,40-41,49,54,56,59H,7-18H2,1-3H3,(H,44,50)(H,45,57)(H,46,58)/t19-,22-,23-,25-,29-,38+,40+,41-,43-/m0/s1. The van der Waals surface area contributed by atoms with Crippen molar-refractivity contribution in [2.75, 3.05) is 53.6 Å². The number of aliphatic hydroxyl groups is 2. The Morgan fingerprint density at radius 3 is 2.40 bits per heavy atom. The topological polar surface area (TPSA) is 298 Å². The zero-order chi connectivity index (χ0) is 46.5. The monoisotopic (exact) mass is 909 g/mol. The summed E-state index contributed by atoms with van der Waals surface area (Å²) < 4.78 is 35.7. The molecule has 2 aromatic carbocycles. The molecule has 6 aliphatic rings. The number of phenolic OH excluding ortho intramolecular Hbond substituents is 2. The molecule has 0 bridgehead atoms. The summed E-state index contributed by atoms with van der Waals surface area (Å²) in [4.78, 5) is 94.7. The van der Waals surface area contributed by atoms with Gasteiger partial charge in [-0.2, -0.15) is 0 Å². The molecule has 4 aliphatic heterocycles. The fourth-order valence-electron chi connectivity index (χ4n) is 9.67. The Bertz CT molecular complexity index is 2290. The van der Waals surface area contributed by atoms with E-state index in [1.54, 1.807) is 6.92 Å². The Morgan fingerprint density at radius 2 is 1.69 bits per heavy atom. The van der Waals surface area contributed by atoms with Gasteiger partial charge in [-0.3, -0.25) is 43.4 Å². The summed E-state index contributed by atoms with van der Waals surface area (Å²) in [6, 6.07) is 2.39. The number of carbonyl (C=O) groups is 7. The number of ketones is 2. The molecule has 7 N–H and O–H groups in total. The van der Waals surface area contributed by atoms with Crippen molar-refractivity contribution in [2.45, 2.75) is 100 Å². The first kappa shape index (κ1) is 46.0. The van der Waals surface area contributed by atoms with Crippen LogP contribution in [-0.4, -0.2) is 174 Å². The van der Waals surface area contributed by atoms with Crippen LogP contribution in [0.2, 0.25) is 0 Å². The van der Waals surface area contributed by atoms with Crippen molar-refractivity contribution < 1.29 is 82.4 Å². The molecule has 0 spiro atoms. The van der Waals surface area contributed by atoms with Gasteiger partial charge in [-0.25, -0.2) is 0 Å². The van der Waals surface area contributed by atoms with Crippen LogP contribution >= 0.6 is 0 Å². The molecule has 4 heterocycles. The summed E-state index contributed by atoms with van der Waals surface area (Å²) in [6.07, 6.45) is -5.97. The van der Waals surface area contributed by atoms with Gasteiger partial charge in [0.25, 0.3) is 5.91 Å². The van der Waals surface area contributed by atoms with Crippen molar-refractivity contribution in [1.29, 1.82) is 0 Å². The first-order valence-corrected chi connectivity index (χ1v) is 21.4. The number of phenols is 2. The van der Waals surface area contributed by atoms with Crippen molar-refractivity contribution in [1.82, 2.24) is 25.8 Å². The predicted octanol–water partition coefficient (Wildman–Crippen LogP) is -1.60. The largest absolute Gasteiger partial charge is 0.507 e. The molecule has 0 unspecified atom stereocenters. The highest BCUT2D eigenvalue weighted by atomic mass is 16.7. The van der Waals surface area contributed by atoms with E-state index in [4.69, 9.17) is 28.4 Å². The minimum absolute atomic E-state index is 0.0506. The van der Waals surface area contributed by atoms with Crippen LogP contribution in [0.3, 0.4) is 0 Å². The highest BCUT2D eigenvalue weighted by Gasteiger charge is 2.55. The highest BCUT2D eigenvalue weighted by molar-refractivity contribution is 6.31. The van der Waals surface area contributed by atoms with Gasteiger partial charge in [-0.1, -0.05) is 12.1 Å². The van der Waals surface area contributed by atoms with Crippen LogP contribution in [-0.2, 0) is 54.1 Å². The zero-order valence-electron chi connectivity index (χ0n) is 35.8. The number of methoxy groups -OCH3 is 2. The number of hydrogen-bond acceptors (Lipinski definition) is 18. The number of rotatable bonds is 14. The highest BCUT2D eigenvalue weighted by Crippen LogP contribution is 2.53. The Kier molecular flexibility index (Phi) is 13.0. The molecule has 0 radical (unpaired) electrons. The van der Waals surface area contributed by atoms with Crippen molar-refractivity contribution in [3.05, 3.63) is 51.6 Å². The molecule has 22 heteroatoms. The van der Waals surface area contributed by atoms with Crippen LogP contribution in [0.4, 0.5) is 0 Å². The summed E-state index contributed by atoms with van der Waals surface area (Å²) in [6.45, 7) is 1.37. The third kappa shape index (κ3) is 8.33. The quantitative estimate of drug-likeness (QED) is 0.0544. The van der Waals surface area contributed by atoms with Crippen LogP contribution in [0.1, 0.15) is 88.1 Å². The van der Waals surface area contributed by atoms with Crippen molar-refractivity contribution in [2.24, 2.45) is 0 Å². The number of nitrogens with one attached hydrogen (secondary N) is 3. The molecule has 8 rings (SSSR count). The summed E-state index contributed by atoms with van der Waals surface area (Å²) in [5, 5.41) is 53.9. The number of benzene rings is 2. The van der Waals surface area contributed by atoms with Gasteiger partial charge in [0, 0.05) is 94.5 Å². The molecule has 0 saturated carbocycles. The van der Waals surface area contributed by atoms with E-state index in [-0.39, 0.29) is 91.2 Å². The minimum Gasteiger partial charge on any atom is -0.507 e. The Balaban J connectivity index is 1.03. The number of hydrogen-bond donors (Lipinski definition) is 7. The van der Waals surface area contributed by atoms with E-state index >= 15 is 0 Å². The number of imide groups is 1. The van der Waals surface area contributed by atoms with E-state index < -0.39 is 120 Å². The molecule has 4 saturated heterocycles. The van der Waals surface area contributed by atoms with Crippen LogP contribution in [0.15, 0.2) is 18.2 Å². The van der Waals surface area contributed by atoms with Crippen LogP contribution in [0, 0.1) is 0 Å². The summed E-state index contributed by atoms with van der Waals surface area (Å²) in [7, 11) is 2.81. The summed E-state index contributed by atoms with van der Waals surface area (Å²) in [5.74, 6) is -6.42. The first-order chi connectivity index (χ1) is 31.1. The van der Waals surface area contributed by atoms with Crippen LogP contribution in [0.5, 0.6) is 17.2 Å². The second kappa shape index (κ2) is 18.4. The van der Waals surface area contributed by atoms with Gasteiger partial charge in [-0.15, -0.1) is 0 Å². The number of likely N-dealkylation sites (tertiary alicyclic amines) is 1. The molecule has 350 valence electrons. The second-order valence-electron chi connectivity index (χ2n) is 16.7. The van der Waals surface area contributed by atoms with Gasteiger partial charge in [0.2, 0.25) is 29.4 Å². The van der Waals surface area contributed by atoms with Gasteiger partial charge in [-0.05, 0) is 13.0 Å². The average molecular weight is 910 g/mol. The van der Waals surface area contributed by atoms with Crippen LogP contribution in [0.25, 0.3) is 0 Å². The first-order valence-electron chi connectivity index (χ1n) is 21.4. The zero-order valence-corrected chi connectivity index (χ0v) is 35.8. The molecular weight excluding hydrogens is 858 g/mol. The molecule has 4 fully saturated rings. The van der Waals surface area contributed by atoms with Crippen molar-refractivity contribution in [3.63, 3.8) is 0 Å². The Hall–Kier alpha value is -5.59. The van der Waals surface area contributed by atoms with E-state index in [2.05, 4.69) is 20.9 Å². The number of aromatic hydroxyl groups is 2. The fraction of sp³-hybridized carbons (Fsp3) is 0.558. The third-order valence-corrected chi connectivity index (χ3v) is 12.9. The van der Waals surface area contributed by atoms with Gasteiger partial charge in [0.1, 0.15) is 35.0 Å². The number of nitrogens with zero attached hydrogens (tertiary/aromatic N) is 2. The van der Waals surface area contributed by atoms with E-state index in [0.29, 0.717) is 13.2 Å². The van der Waals surface area contributed by atoms with E-state index in [1.807, 2.05) is 0 Å². The normalized spacial score (nSPS) is 28.7. The lowest BCUT2D eigenvalue weighted by molar-refractivity contribution is -0.256. The van der Waals surface area contributed by atoms with Crippen molar-refractivity contribution >= 4 is 41.1 Å². The molecule has 2 aliphatic carbocycles. The molecule has 22 nitrogen and oxygen atoms in total. The Labute approximate surface area is 371 Å². The maximum absolute atomic E-state index is 14.2. The molecule has 9 atom stereocenters. The van der Waals surface area contributed by atoms with E-state index in [1.165, 1.54) is 32.4 Å². The van der Waals surface area contributed by atoms with Gasteiger partial charge < -0.3 is 64.8 Å². The molecule has 65 heavy (non-hydrogen) atoms. The average Bonchev–Trinajstić information content (AvgIpc) is 3.83. The second-order valence-corrected chi connectivity index (χ2v) is 16.7. The predicted molar refractivity (Wildman–Crippen MR) is 217 cm³/mol. The molecular formula is C43H51N5O17. The lowest BCUT2D eigenvalue weighted by atomic mass is 9.72. The lowest BCUT2D eigenvalue weighted by Crippen LogP contribution is -2.58. The molecule has 2 aromatic rings. The van der Waals surface area contributed by atoms with Crippen molar-refractivity contribution in [3.8, 4) is 17.2 Å². The maximum atomic E-state index is 14.2. The summed E-state index contributed by atoms with van der Waals surface area (Å²) >= 11 is 0. The van der Waals surface area contributed by atoms with E-state index in [0.717, 1.165) is 4.90 Å². The van der Waals surface area contributed by atoms with Gasteiger partial charge in [0.15, 0.2) is 24.6 Å². The van der Waals surface area contributed by atoms with Gasteiger partial charge in [0.05, 0.1) is 49.2 Å². The maximum Gasteiger partial charge on any atom is 0.253 e. The van der Waals surface area contributed by atoms with Crippen LogP contribution < -0.4 is 20.7 Å². The van der Waals surface area contributed by atoms with E-state index in [9.17, 15) is 54.0 Å². The molecule has 5 amide bonds. The third-order valence-electron chi connectivity index (χ3n) is 12.9.